The van der Waals surface area contributed by atoms with E-state index in [1.165, 1.54) is 4.88 Å². The second-order valence-corrected chi connectivity index (χ2v) is 5.44. The Labute approximate surface area is 101 Å². The summed E-state index contributed by atoms with van der Waals surface area (Å²) < 4.78 is 0.863. The van der Waals surface area contributed by atoms with E-state index in [-0.39, 0.29) is 0 Å². The molecule has 15 heavy (non-hydrogen) atoms. The highest BCUT2D eigenvalue weighted by atomic mass is 35.5. The first-order chi connectivity index (χ1) is 7.17. The van der Waals surface area contributed by atoms with Crippen LogP contribution in [0.1, 0.15) is 37.6 Å². The van der Waals surface area contributed by atoms with E-state index < -0.39 is 0 Å². The highest BCUT2D eigenvalue weighted by Gasteiger charge is 2.13. The molecule has 0 amide bonds. The number of thiophene rings is 1. The summed E-state index contributed by atoms with van der Waals surface area (Å²) in [5.41, 5.74) is 0. The van der Waals surface area contributed by atoms with Gasteiger partial charge in [-0.1, -0.05) is 24.6 Å². The molecule has 0 radical (unpaired) electrons. The Hall–Kier alpha value is -0.310. The molecule has 0 fully saturated rings. The predicted molar refractivity (Wildman–Crippen MR) is 69.8 cm³/mol. The second-order valence-electron chi connectivity index (χ2n) is 3.69. The van der Waals surface area contributed by atoms with Crippen LogP contribution in [0.15, 0.2) is 24.8 Å². The van der Waals surface area contributed by atoms with Crippen LogP contribution >= 0.6 is 22.9 Å². The van der Waals surface area contributed by atoms with E-state index in [0.29, 0.717) is 12.1 Å². The number of nitrogens with one attached hydrogen (secondary N) is 1. The molecule has 1 rings (SSSR count). The lowest BCUT2D eigenvalue weighted by molar-refractivity contribution is 0.453. The normalized spacial score (nSPS) is 14.9. The van der Waals surface area contributed by atoms with Gasteiger partial charge in [-0.05, 0) is 31.9 Å². The van der Waals surface area contributed by atoms with Gasteiger partial charge in [0.15, 0.2) is 0 Å². The van der Waals surface area contributed by atoms with Crippen molar-refractivity contribution in [1.82, 2.24) is 5.32 Å². The maximum Gasteiger partial charge on any atom is 0.0931 e. The highest BCUT2D eigenvalue weighted by Crippen LogP contribution is 2.28. The van der Waals surface area contributed by atoms with Crippen LogP contribution in [-0.4, -0.2) is 6.04 Å². The maximum absolute atomic E-state index is 5.93. The van der Waals surface area contributed by atoms with Gasteiger partial charge in [-0.2, -0.15) is 0 Å². The minimum absolute atomic E-state index is 0.414. The van der Waals surface area contributed by atoms with Crippen LogP contribution in [0.2, 0.25) is 4.34 Å². The summed E-state index contributed by atoms with van der Waals surface area (Å²) in [5, 5.41) is 3.58. The van der Waals surface area contributed by atoms with Gasteiger partial charge in [-0.25, -0.2) is 0 Å². The van der Waals surface area contributed by atoms with Gasteiger partial charge in [0.1, 0.15) is 0 Å². The third kappa shape index (κ3) is 3.98. The van der Waals surface area contributed by atoms with E-state index in [0.717, 1.165) is 17.2 Å². The molecule has 0 saturated carbocycles. The zero-order valence-electron chi connectivity index (χ0n) is 9.29. The fourth-order valence-corrected chi connectivity index (χ4v) is 2.78. The molecule has 1 aromatic rings. The summed E-state index contributed by atoms with van der Waals surface area (Å²) >= 11 is 7.59. The predicted octanol–water partition coefficient (Wildman–Crippen LogP) is 4.41. The lowest BCUT2D eigenvalue weighted by Crippen LogP contribution is -2.29. The second kappa shape index (κ2) is 6.31. The fraction of sp³-hybridized carbons (Fsp3) is 0.500. The monoisotopic (exact) mass is 243 g/mol. The van der Waals surface area contributed by atoms with E-state index in [4.69, 9.17) is 11.6 Å². The molecule has 0 saturated heterocycles. The molecule has 0 aliphatic carbocycles. The zero-order chi connectivity index (χ0) is 11.3. The van der Waals surface area contributed by atoms with Gasteiger partial charge in [0.25, 0.3) is 0 Å². The van der Waals surface area contributed by atoms with Gasteiger partial charge in [-0.3, -0.25) is 0 Å². The topological polar surface area (TPSA) is 12.0 Å². The molecular weight excluding hydrogens is 226 g/mol. The van der Waals surface area contributed by atoms with Crippen molar-refractivity contribution >= 4 is 22.9 Å². The summed E-state index contributed by atoms with van der Waals surface area (Å²) in [6.07, 6.45) is 4.03. The standard InChI is InChI=1S/C12H18ClNS/c1-4-6-9(3)14-10(5-2)11-7-8-12(13)15-11/h4,7-10,14H,1,5-6H2,2-3H3. The van der Waals surface area contributed by atoms with Crippen molar-refractivity contribution in [3.8, 4) is 0 Å². The summed E-state index contributed by atoms with van der Waals surface area (Å²) in [7, 11) is 0. The Morgan fingerprint density at radius 3 is 2.80 bits per heavy atom. The molecule has 0 spiro atoms. The van der Waals surface area contributed by atoms with Crippen LogP contribution in [0.5, 0.6) is 0 Å². The SMILES string of the molecule is C=CCC(C)NC(CC)c1ccc(Cl)s1. The molecular formula is C12H18ClNS. The largest absolute Gasteiger partial charge is 0.306 e. The maximum atomic E-state index is 5.93. The van der Waals surface area contributed by atoms with E-state index >= 15 is 0 Å². The van der Waals surface area contributed by atoms with Crippen molar-refractivity contribution in [3.05, 3.63) is 34.0 Å². The summed E-state index contributed by atoms with van der Waals surface area (Å²) in [6, 6.07) is 4.95. The van der Waals surface area contributed by atoms with Crippen molar-refractivity contribution in [1.29, 1.82) is 0 Å². The Morgan fingerprint density at radius 1 is 1.60 bits per heavy atom. The van der Waals surface area contributed by atoms with Crippen molar-refractivity contribution in [3.63, 3.8) is 0 Å². The molecule has 1 heterocycles. The van der Waals surface area contributed by atoms with Gasteiger partial charge in [0, 0.05) is 17.0 Å². The van der Waals surface area contributed by atoms with E-state index in [2.05, 4.69) is 31.8 Å². The summed E-state index contributed by atoms with van der Waals surface area (Å²) in [6.45, 7) is 8.12. The van der Waals surface area contributed by atoms with Crippen LogP contribution in [-0.2, 0) is 0 Å². The molecule has 1 nitrogen and oxygen atoms in total. The number of hydrogen-bond acceptors (Lipinski definition) is 2. The van der Waals surface area contributed by atoms with Gasteiger partial charge in [0.2, 0.25) is 0 Å². The lowest BCUT2D eigenvalue weighted by Gasteiger charge is -2.20. The molecule has 3 heteroatoms. The van der Waals surface area contributed by atoms with E-state index in [1.807, 2.05) is 12.1 Å². The van der Waals surface area contributed by atoms with Gasteiger partial charge < -0.3 is 5.32 Å². The number of rotatable bonds is 6. The molecule has 0 bridgehead atoms. The molecule has 2 unspecified atom stereocenters. The molecule has 1 N–H and O–H groups in total. The average Bonchev–Trinajstić information content (AvgIpc) is 2.61. The first-order valence-corrected chi connectivity index (χ1v) is 6.49. The van der Waals surface area contributed by atoms with E-state index in [1.54, 1.807) is 11.3 Å². The Balaban J connectivity index is 2.59. The average molecular weight is 244 g/mol. The van der Waals surface area contributed by atoms with Gasteiger partial charge in [0.05, 0.1) is 4.34 Å². The third-order valence-electron chi connectivity index (χ3n) is 2.35. The van der Waals surface area contributed by atoms with Crippen LogP contribution in [0.25, 0.3) is 0 Å². The van der Waals surface area contributed by atoms with Crippen molar-refractivity contribution in [2.75, 3.05) is 0 Å². The minimum atomic E-state index is 0.414. The van der Waals surface area contributed by atoms with Crippen LogP contribution in [0, 0.1) is 0 Å². The quantitative estimate of drug-likeness (QED) is 0.730. The highest BCUT2D eigenvalue weighted by molar-refractivity contribution is 7.16. The minimum Gasteiger partial charge on any atom is -0.306 e. The van der Waals surface area contributed by atoms with Crippen molar-refractivity contribution in [2.24, 2.45) is 0 Å². The Morgan fingerprint density at radius 2 is 2.33 bits per heavy atom. The Kier molecular flexibility index (Phi) is 5.37. The zero-order valence-corrected chi connectivity index (χ0v) is 10.9. The van der Waals surface area contributed by atoms with Crippen LogP contribution in [0.3, 0.4) is 0 Å². The van der Waals surface area contributed by atoms with E-state index in [9.17, 15) is 0 Å². The van der Waals surface area contributed by atoms with Gasteiger partial charge in [-0.15, -0.1) is 17.9 Å². The molecule has 0 aliphatic heterocycles. The summed E-state index contributed by atoms with van der Waals surface area (Å²) in [5.74, 6) is 0. The summed E-state index contributed by atoms with van der Waals surface area (Å²) in [4.78, 5) is 1.32. The van der Waals surface area contributed by atoms with Crippen molar-refractivity contribution < 1.29 is 0 Å². The number of hydrogen-bond donors (Lipinski definition) is 1. The Bertz CT molecular complexity index is 308. The molecule has 1 aromatic heterocycles. The first kappa shape index (κ1) is 12.8. The van der Waals surface area contributed by atoms with Gasteiger partial charge >= 0.3 is 0 Å². The van der Waals surface area contributed by atoms with Crippen molar-refractivity contribution in [2.45, 2.75) is 38.8 Å². The smallest absolute Gasteiger partial charge is 0.0931 e. The van der Waals surface area contributed by atoms with Crippen LogP contribution in [0.4, 0.5) is 0 Å². The lowest BCUT2D eigenvalue weighted by atomic mass is 10.1. The first-order valence-electron chi connectivity index (χ1n) is 5.29. The molecule has 0 aliphatic rings. The van der Waals surface area contributed by atoms with Crippen LogP contribution < -0.4 is 5.32 Å². The number of halogens is 1. The molecule has 0 aromatic carbocycles. The molecule has 2 atom stereocenters. The molecule has 84 valence electrons. The third-order valence-corrected chi connectivity index (χ3v) is 3.70. The fourth-order valence-electron chi connectivity index (χ4n) is 1.58.